The fraction of sp³-hybridized carbons (Fsp3) is 0.412. The van der Waals surface area contributed by atoms with Gasteiger partial charge >= 0.3 is 0 Å². The third kappa shape index (κ3) is 4.19. The topological polar surface area (TPSA) is 63.2 Å². The molecular formula is C17H18ClF2N3O2S. The molecule has 1 aliphatic heterocycles. The van der Waals surface area contributed by atoms with Crippen molar-refractivity contribution in [2.75, 3.05) is 18.6 Å². The fourth-order valence-electron chi connectivity index (χ4n) is 3.15. The first kappa shape index (κ1) is 19.1. The van der Waals surface area contributed by atoms with Crippen LogP contribution in [0.4, 0.5) is 8.78 Å². The molecule has 5 nitrogen and oxygen atoms in total. The molecule has 0 saturated carbocycles. The van der Waals surface area contributed by atoms with E-state index in [0.717, 1.165) is 12.3 Å². The summed E-state index contributed by atoms with van der Waals surface area (Å²) < 4.78 is 51.1. The molecule has 0 aliphatic carbocycles. The predicted molar refractivity (Wildman–Crippen MR) is 95.5 cm³/mol. The fourth-order valence-corrected chi connectivity index (χ4v) is 4.45. The highest BCUT2D eigenvalue weighted by molar-refractivity contribution is 7.90. The van der Waals surface area contributed by atoms with Crippen LogP contribution in [0.15, 0.2) is 24.5 Å². The summed E-state index contributed by atoms with van der Waals surface area (Å²) in [6.07, 6.45) is 3.87. The SMILES string of the molecule is C[C@@H]1[C@@H](CS(C)(=O)=O)CN1Cc1cnc(-c2cnc(Cl)cc2F)c(F)c1. The van der Waals surface area contributed by atoms with Gasteiger partial charge in [0, 0.05) is 49.8 Å². The van der Waals surface area contributed by atoms with E-state index in [2.05, 4.69) is 14.9 Å². The quantitative estimate of drug-likeness (QED) is 0.721. The Balaban J connectivity index is 1.71. The summed E-state index contributed by atoms with van der Waals surface area (Å²) in [4.78, 5) is 9.84. The summed E-state index contributed by atoms with van der Waals surface area (Å²) in [6, 6.07) is 2.41. The molecule has 1 aliphatic rings. The second-order valence-corrected chi connectivity index (χ2v) is 9.26. The summed E-state index contributed by atoms with van der Waals surface area (Å²) in [5.74, 6) is -1.11. The molecule has 0 spiro atoms. The van der Waals surface area contributed by atoms with Crippen molar-refractivity contribution in [2.24, 2.45) is 5.92 Å². The molecule has 0 unspecified atom stereocenters. The van der Waals surface area contributed by atoms with Crippen LogP contribution < -0.4 is 0 Å². The second-order valence-electron chi connectivity index (χ2n) is 6.68. The lowest BCUT2D eigenvalue weighted by atomic mass is 9.91. The number of pyridine rings is 2. The van der Waals surface area contributed by atoms with Gasteiger partial charge in [-0.2, -0.15) is 0 Å². The van der Waals surface area contributed by atoms with E-state index in [0.29, 0.717) is 18.7 Å². The minimum atomic E-state index is -3.01. The van der Waals surface area contributed by atoms with Gasteiger partial charge in [-0.3, -0.25) is 9.88 Å². The smallest absolute Gasteiger partial charge is 0.149 e. The Morgan fingerprint density at radius 1 is 1.23 bits per heavy atom. The largest absolute Gasteiger partial charge is 0.296 e. The van der Waals surface area contributed by atoms with Crippen molar-refractivity contribution < 1.29 is 17.2 Å². The Labute approximate surface area is 155 Å². The minimum Gasteiger partial charge on any atom is -0.296 e. The van der Waals surface area contributed by atoms with Crippen LogP contribution in [0.2, 0.25) is 5.15 Å². The Bertz CT molecular complexity index is 940. The van der Waals surface area contributed by atoms with Crippen LogP contribution >= 0.6 is 11.6 Å². The van der Waals surface area contributed by atoms with Gasteiger partial charge in [0.15, 0.2) is 0 Å². The number of nitrogens with zero attached hydrogens (tertiary/aromatic N) is 3. The standard InChI is InChI=1S/C17H18ClF2N3O2S/c1-10-12(9-26(2,24)25)8-23(10)7-11-3-15(20)17(22-5-11)13-6-21-16(18)4-14(13)19/h3-6,10,12H,7-9H2,1-2H3/t10-,12-/m1/s1. The predicted octanol–water partition coefficient (Wildman–Crippen LogP) is 2.94. The van der Waals surface area contributed by atoms with E-state index in [-0.39, 0.29) is 34.1 Å². The van der Waals surface area contributed by atoms with Gasteiger partial charge in [0.2, 0.25) is 0 Å². The summed E-state index contributed by atoms with van der Waals surface area (Å²) in [5.41, 5.74) is 0.462. The summed E-state index contributed by atoms with van der Waals surface area (Å²) in [6.45, 7) is 3.03. The maximum absolute atomic E-state index is 14.4. The van der Waals surface area contributed by atoms with Crippen LogP contribution in [0.1, 0.15) is 12.5 Å². The number of hydrogen-bond acceptors (Lipinski definition) is 5. The number of sulfone groups is 1. The first-order valence-electron chi connectivity index (χ1n) is 8.01. The third-order valence-corrected chi connectivity index (χ3v) is 5.84. The van der Waals surface area contributed by atoms with Gasteiger partial charge in [-0.1, -0.05) is 11.6 Å². The molecule has 0 N–H and O–H groups in total. The highest BCUT2D eigenvalue weighted by atomic mass is 35.5. The zero-order chi connectivity index (χ0) is 19.1. The maximum atomic E-state index is 14.4. The molecule has 9 heteroatoms. The highest BCUT2D eigenvalue weighted by Gasteiger charge is 2.37. The first-order valence-corrected chi connectivity index (χ1v) is 10.5. The van der Waals surface area contributed by atoms with Gasteiger partial charge < -0.3 is 0 Å². The van der Waals surface area contributed by atoms with E-state index in [9.17, 15) is 17.2 Å². The van der Waals surface area contributed by atoms with Gasteiger partial charge in [-0.25, -0.2) is 22.2 Å². The molecule has 2 aromatic rings. The lowest BCUT2D eigenvalue weighted by Crippen LogP contribution is -2.56. The number of halogens is 3. The van der Waals surface area contributed by atoms with Crippen molar-refractivity contribution in [3.05, 3.63) is 46.9 Å². The van der Waals surface area contributed by atoms with Crippen LogP contribution in [-0.4, -0.2) is 47.9 Å². The molecule has 140 valence electrons. The van der Waals surface area contributed by atoms with E-state index in [1.165, 1.54) is 18.5 Å². The van der Waals surface area contributed by atoms with Crippen LogP contribution in [-0.2, 0) is 16.4 Å². The molecule has 0 amide bonds. The Kier molecular flexibility index (Phi) is 5.28. The molecular weight excluding hydrogens is 384 g/mol. The molecule has 1 saturated heterocycles. The molecule has 0 bridgehead atoms. The van der Waals surface area contributed by atoms with Gasteiger partial charge in [0.1, 0.15) is 32.3 Å². The van der Waals surface area contributed by atoms with Crippen LogP contribution in [0.25, 0.3) is 11.3 Å². The average Bonchev–Trinajstić information content (AvgIpc) is 2.53. The number of hydrogen-bond donors (Lipinski definition) is 0. The third-order valence-electron chi connectivity index (χ3n) is 4.60. The van der Waals surface area contributed by atoms with Gasteiger partial charge in [-0.15, -0.1) is 0 Å². The van der Waals surface area contributed by atoms with Crippen molar-refractivity contribution in [3.63, 3.8) is 0 Å². The minimum absolute atomic E-state index is 0.0151. The number of aromatic nitrogens is 2. The van der Waals surface area contributed by atoms with Crippen molar-refractivity contribution in [2.45, 2.75) is 19.5 Å². The Morgan fingerprint density at radius 2 is 1.96 bits per heavy atom. The zero-order valence-corrected chi connectivity index (χ0v) is 15.9. The first-order chi connectivity index (χ1) is 12.1. The number of likely N-dealkylation sites (tertiary alicyclic amines) is 1. The molecule has 1 fully saturated rings. The molecule has 3 heterocycles. The lowest BCUT2D eigenvalue weighted by molar-refractivity contribution is 0.0323. The summed E-state index contributed by atoms with van der Waals surface area (Å²) in [7, 11) is -3.01. The average molecular weight is 402 g/mol. The van der Waals surface area contributed by atoms with Crippen molar-refractivity contribution >= 4 is 21.4 Å². The monoisotopic (exact) mass is 401 g/mol. The Hall–Kier alpha value is -1.64. The molecule has 2 atom stereocenters. The molecule has 2 aromatic heterocycles. The zero-order valence-electron chi connectivity index (χ0n) is 14.3. The molecule has 3 rings (SSSR count). The van der Waals surface area contributed by atoms with E-state index in [1.54, 1.807) is 0 Å². The molecule has 0 radical (unpaired) electrons. The Morgan fingerprint density at radius 3 is 2.54 bits per heavy atom. The highest BCUT2D eigenvalue weighted by Crippen LogP contribution is 2.29. The lowest BCUT2D eigenvalue weighted by Gasteiger charge is -2.46. The maximum Gasteiger partial charge on any atom is 0.149 e. The van der Waals surface area contributed by atoms with E-state index >= 15 is 0 Å². The van der Waals surface area contributed by atoms with Crippen LogP contribution in [0.3, 0.4) is 0 Å². The van der Waals surface area contributed by atoms with Crippen molar-refractivity contribution in [1.29, 1.82) is 0 Å². The van der Waals surface area contributed by atoms with Gasteiger partial charge in [0.05, 0.1) is 11.3 Å². The van der Waals surface area contributed by atoms with Crippen molar-refractivity contribution in [1.82, 2.24) is 14.9 Å². The van der Waals surface area contributed by atoms with Gasteiger partial charge in [0.25, 0.3) is 0 Å². The van der Waals surface area contributed by atoms with E-state index in [1.807, 2.05) is 6.92 Å². The van der Waals surface area contributed by atoms with Crippen LogP contribution in [0, 0.1) is 17.6 Å². The van der Waals surface area contributed by atoms with E-state index < -0.39 is 21.5 Å². The summed E-state index contributed by atoms with van der Waals surface area (Å²) in [5, 5.41) is -0.0151. The van der Waals surface area contributed by atoms with Crippen LogP contribution in [0.5, 0.6) is 0 Å². The number of rotatable bonds is 5. The second kappa shape index (κ2) is 7.17. The van der Waals surface area contributed by atoms with Gasteiger partial charge in [-0.05, 0) is 18.6 Å². The van der Waals surface area contributed by atoms with E-state index in [4.69, 9.17) is 11.6 Å². The summed E-state index contributed by atoms with van der Waals surface area (Å²) >= 11 is 5.61. The normalized spacial score (nSPS) is 20.8. The van der Waals surface area contributed by atoms with Crippen molar-refractivity contribution in [3.8, 4) is 11.3 Å². The molecule has 26 heavy (non-hydrogen) atoms. The molecule has 0 aromatic carbocycles.